The summed E-state index contributed by atoms with van der Waals surface area (Å²) in [5.41, 5.74) is 1.22. The van der Waals surface area contributed by atoms with Gasteiger partial charge < -0.3 is 15.3 Å². The predicted molar refractivity (Wildman–Crippen MR) is 70.2 cm³/mol. The molecular formula is C14H20N2O2. The number of aliphatic hydroxyl groups excluding tert-OH is 1. The van der Waals surface area contributed by atoms with E-state index >= 15 is 0 Å². The van der Waals surface area contributed by atoms with E-state index in [0.717, 1.165) is 6.42 Å². The molecule has 1 aromatic carbocycles. The van der Waals surface area contributed by atoms with Gasteiger partial charge in [-0.15, -0.1) is 0 Å². The number of nitrogens with zero attached hydrogens (tertiary/aromatic N) is 1. The fraction of sp³-hybridized carbons (Fsp3) is 0.500. The number of benzene rings is 1. The highest BCUT2D eigenvalue weighted by atomic mass is 16.3. The van der Waals surface area contributed by atoms with Gasteiger partial charge in [-0.25, -0.2) is 0 Å². The molecule has 2 atom stereocenters. The summed E-state index contributed by atoms with van der Waals surface area (Å²) in [5.74, 6) is -0.0177. The van der Waals surface area contributed by atoms with Gasteiger partial charge in [0.05, 0.1) is 6.10 Å². The zero-order chi connectivity index (χ0) is 13.0. The SMILES string of the molecule is CN(CCc1ccccc1)C(=O)[C@H]1NCCC1O. The summed E-state index contributed by atoms with van der Waals surface area (Å²) in [6.07, 6.45) is 0.950. The van der Waals surface area contributed by atoms with E-state index in [1.54, 1.807) is 11.9 Å². The Hall–Kier alpha value is -1.39. The van der Waals surface area contributed by atoms with Crippen LogP contribution in [0.15, 0.2) is 30.3 Å². The summed E-state index contributed by atoms with van der Waals surface area (Å²) in [7, 11) is 1.79. The zero-order valence-electron chi connectivity index (χ0n) is 10.7. The predicted octanol–water partition coefficient (Wildman–Crippen LogP) is 0.410. The van der Waals surface area contributed by atoms with Crippen LogP contribution < -0.4 is 5.32 Å². The van der Waals surface area contributed by atoms with Crippen molar-refractivity contribution in [3.63, 3.8) is 0 Å². The third kappa shape index (κ3) is 3.09. The highest BCUT2D eigenvalue weighted by Gasteiger charge is 2.32. The first-order valence-electron chi connectivity index (χ1n) is 6.39. The molecule has 4 heteroatoms. The summed E-state index contributed by atoms with van der Waals surface area (Å²) in [6.45, 7) is 1.39. The van der Waals surface area contributed by atoms with Crippen LogP contribution in [-0.4, -0.2) is 48.2 Å². The third-order valence-electron chi connectivity index (χ3n) is 3.41. The van der Waals surface area contributed by atoms with Crippen LogP contribution >= 0.6 is 0 Å². The van der Waals surface area contributed by atoms with E-state index in [9.17, 15) is 9.90 Å². The van der Waals surface area contributed by atoms with Crippen molar-refractivity contribution < 1.29 is 9.90 Å². The molecule has 1 unspecified atom stereocenters. The largest absolute Gasteiger partial charge is 0.391 e. The highest BCUT2D eigenvalue weighted by molar-refractivity contribution is 5.82. The monoisotopic (exact) mass is 248 g/mol. The molecule has 0 spiro atoms. The van der Waals surface area contributed by atoms with Gasteiger partial charge in [-0.2, -0.15) is 0 Å². The van der Waals surface area contributed by atoms with E-state index < -0.39 is 12.1 Å². The first-order chi connectivity index (χ1) is 8.68. The third-order valence-corrected chi connectivity index (χ3v) is 3.41. The Kier molecular flexibility index (Phi) is 4.33. The summed E-state index contributed by atoms with van der Waals surface area (Å²) in [4.78, 5) is 13.8. The van der Waals surface area contributed by atoms with E-state index in [1.165, 1.54) is 5.56 Å². The van der Waals surface area contributed by atoms with Crippen molar-refractivity contribution in [1.29, 1.82) is 0 Å². The summed E-state index contributed by atoms with van der Waals surface area (Å²) >= 11 is 0. The maximum absolute atomic E-state index is 12.1. The molecule has 0 aromatic heterocycles. The Bertz CT molecular complexity index is 394. The van der Waals surface area contributed by atoms with E-state index in [0.29, 0.717) is 19.5 Å². The maximum Gasteiger partial charge on any atom is 0.242 e. The second-order valence-electron chi connectivity index (χ2n) is 4.78. The van der Waals surface area contributed by atoms with Crippen molar-refractivity contribution in [1.82, 2.24) is 10.2 Å². The van der Waals surface area contributed by atoms with Gasteiger partial charge in [0.15, 0.2) is 0 Å². The minimum atomic E-state index is -0.545. The Morgan fingerprint density at radius 1 is 1.44 bits per heavy atom. The first-order valence-corrected chi connectivity index (χ1v) is 6.39. The lowest BCUT2D eigenvalue weighted by Crippen LogP contribution is -2.47. The second kappa shape index (κ2) is 5.98. The van der Waals surface area contributed by atoms with Crippen molar-refractivity contribution in [3.8, 4) is 0 Å². The van der Waals surface area contributed by atoms with E-state index in [2.05, 4.69) is 17.4 Å². The van der Waals surface area contributed by atoms with Gasteiger partial charge >= 0.3 is 0 Å². The fourth-order valence-corrected chi connectivity index (χ4v) is 2.23. The number of hydrogen-bond donors (Lipinski definition) is 2. The Morgan fingerprint density at radius 3 is 2.78 bits per heavy atom. The fourth-order valence-electron chi connectivity index (χ4n) is 2.23. The van der Waals surface area contributed by atoms with Crippen LogP contribution in [0.4, 0.5) is 0 Å². The number of aliphatic hydroxyl groups is 1. The topological polar surface area (TPSA) is 52.6 Å². The lowest BCUT2D eigenvalue weighted by Gasteiger charge is -2.23. The summed E-state index contributed by atoms with van der Waals surface area (Å²) in [5, 5.41) is 12.7. The number of rotatable bonds is 4. The average molecular weight is 248 g/mol. The van der Waals surface area contributed by atoms with Crippen LogP contribution in [0.3, 0.4) is 0 Å². The zero-order valence-corrected chi connectivity index (χ0v) is 10.7. The summed E-state index contributed by atoms with van der Waals surface area (Å²) in [6, 6.07) is 9.67. The van der Waals surface area contributed by atoms with Gasteiger partial charge in [-0.05, 0) is 24.9 Å². The quantitative estimate of drug-likeness (QED) is 0.811. The van der Waals surface area contributed by atoms with Gasteiger partial charge in [0, 0.05) is 13.6 Å². The molecule has 1 saturated heterocycles. The molecule has 4 nitrogen and oxygen atoms in total. The number of hydrogen-bond acceptors (Lipinski definition) is 3. The van der Waals surface area contributed by atoms with E-state index in [-0.39, 0.29) is 5.91 Å². The van der Waals surface area contributed by atoms with E-state index in [4.69, 9.17) is 0 Å². The number of carbonyl (C=O) groups excluding carboxylic acids is 1. The molecule has 1 aliphatic heterocycles. The minimum Gasteiger partial charge on any atom is -0.391 e. The molecule has 18 heavy (non-hydrogen) atoms. The van der Waals surface area contributed by atoms with Gasteiger partial charge in [-0.1, -0.05) is 30.3 Å². The van der Waals surface area contributed by atoms with Crippen LogP contribution in [-0.2, 0) is 11.2 Å². The molecule has 0 saturated carbocycles. The molecule has 1 aromatic rings. The molecule has 1 amide bonds. The number of amides is 1. The Labute approximate surface area is 108 Å². The van der Waals surface area contributed by atoms with Crippen LogP contribution in [0.5, 0.6) is 0 Å². The van der Waals surface area contributed by atoms with Gasteiger partial charge in [-0.3, -0.25) is 4.79 Å². The Balaban J connectivity index is 1.84. The first kappa shape index (κ1) is 13.1. The normalized spacial score (nSPS) is 23.0. The minimum absolute atomic E-state index is 0.0177. The van der Waals surface area contributed by atoms with Crippen LogP contribution in [0.2, 0.25) is 0 Å². The highest BCUT2D eigenvalue weighted by Crippen LogP contribution is 2.10. The molecule has 2 rings (SSSR count). The van der Waals surface area contributed by atoms with Crippen molar-refractivity contribution >= 4 is 5.91 Å². The number of carbonyl (C=O) groups is 1. The van der Waals surface area contributed by atoms with Crippen molar-refractivity contribution in [2.45, 2.75) is 25.0 Å². The Morgan fingerprint density at radius 2 is 2.17 bits per heavy atom. The van der Waals surface area contributed by atoms with Crippen molar-refractivity contribution in [2.75, 3.05) is 20.1 Å². The molecule has 0 aliphatic carbocycles. The standard InChI is InChI=1S/C14H20N2O2/c1-16(10-8-11-5-3-2-4-6-11)14(18)13-12(17)7-9-15-13/h2-6,12-13,15,17H,7-10H2,1H3/t12?,13-/m0/s1. The lowest BCUT2D eigenvalue weighted by molar-refractivity contribution is -0.133. The molecule has 0 bridgehead atoms. The number of likely N-dealkylation sites (N-methyl/N-ethyl adjacent to an activating group) is 1. The second-order valence-corrected chi connectivity index (χ2v) is 4.78. The number of nitrogens with one attached hydrogen (secondary N) is 1. The van der Waals surface area contributed by atoms with Crippen LogP contribution in [0, 0.1) is 0 Å². The molecule has 0 radical (unpaired) electrons. The van der Waals surface area contributed by atoms with Gasteiger partial charge in [0.2, 0.25) is 5.91 Å². The molecular weight excluding hydrogens is 228 g/mol. The van der Waals surface area contributed by atoms with Crippen molar-refractivity contribution in [3.05, 3.63) is 35.9 Å². The van der Waals surface area contributed by atoms with Crippen molar-refractivity contribution in [2.24, 2.45) is 0 Å². The van der Waals surface area contributed by atoms with Gasteiger partial charge in [0.25, 0.3) is 0 Å². The smallest absolute Gasteiger partial charge is 0.242 e. The average Bonchev–Trinajstić information content (AvgIpc) is 2.82. The van der Waals surface area contributed by atoms with Gasteiger partial charge in [0.1, 0.15) is 6.04 Å². The molecule has 1 heterocycles. The van der Waals surface area contributed by atoms with Crippen LogP contribution in [0.25, 0.3) is 0 Å². The van der Waals surface area contributed by atoms with E-state index in [1.807, 2.05) is 18.2 Å². The van der Waals surface area contributed by atoms with Crippen LogP contribution in [0.1, 0.15) is 12.0 Å². The molecule has 98 valence electrons. The molecule has 1 aliphatic rings. The lowest BCUT2D eigenvalue weighted by atomic mass is 10.1. The molecule has 1 fully saturated rings. The summed E-state index contributed by atoms with van der Waals surface area (Å²) < 4.78 is 0. The molecule has 2 N–H and O–H groups in total. The maximum atomic E-state index is 12.1.